The molecule has 2 aromatic carbocycles. The van der Waals surface area contributed by atoms with E-state index in [9.17, 15) is 22.8 Å². The van der Waals surface area contributed by atoms with Crippen molar-refractivity contribution in [3.05, 3.63) is 53.7 Å². The molecule has 2 heterocycles. The summed E-state index contributed by atoms with van der Waals surface area (Å²) in [4.78, 5) is 26.2. The van der Waals surface area contributed by atoms with Crippen molar-refractivity contribution in [1.29, 1.82) is 0 Å². The number of hydrogen-bond acceptors (Lipinski definition) is 5. The van der Waals surface area contributed by atoms with E-state index < -0.39 is 11.7 Å². The molecule has 10 heteroatoms. The summed E-state index contributed by atoms with van der Waals surface area (Å²) >= 11 is 0. The number of amides is 1. The lowest BCUT2D eigenvalue weighted by atomic mass is 9.98. The van der Waals surface area contributed by atoms with Crippen LogP contribution in [0.5, 0.6) is 11.5 Å². The zero-order valence-electron chi connectivity index (χ0n) is 18.5. The van der Waals surface area contributed by atoms with E-state index in [1.165, 1.54) is 19.2 Å². The Morgan fingerprint density at radius 3 is 2.44 bits per heavy atom. The summed E-state index contributed by atoms with van der Waals surface area (Å²) in [7, 11) is 3.13. The number of aryl methyl sites for hydroxylation is 1. The highest BCUT2D eigenvalue weighted by Gasteiger charge is 2.50. The van der Waals surface area contributed by atoms with Gasteiger partial charge >= 0.3 is 12.1 Å². The largest absolute Gasteiger partial charge is 0.469 e. The molecule has 0 radical (unpaired) electrons. The Morgan fingerprint density at radius 2 is 1.79 bits per heavy atom. The summed E-state index contributed by atoms with van der Waals surface area (Å²) in [6, 6.07) is 8.09. The molecule has 0 unspecified atom stereocenters. The van der Waals surface area contributed by atoms with Crippen LogP contribution in [0, 0.1) is 11.8 Å². The molecule has 2 aliphatic rings. The zero-order chi connectivity index (χ0) is 24.2. The molecule has 1 saturated carbocycles. The van der Waals surface area contributed by atoms with Gasteiger partial charge in [0, 0.05) is 37.6 Å². The maximum absolute atomic E-state index is 12.9. The summed E-state index contributed by atoms with van der Waals surface area (Å²) in [5.74, 6) is -0.0800. The number of fused-ring (bicyclic) bond motifs is 1. The first-order chi connectivity index (χ1) is 16.1. The molecule has 1 aromatic heterocycles. The van der Waals surface area contributed by atoms with Crippen molar-refractivity contribution < 1.29 is 32.2 Å². The van der Waals surface area contributed by atoms with Gasteiger partial charge in [-0.2, -0.15) is 18.3 Å². The van der Waals surface area contributed by atoms with Gasteiger partial charge in [-0.1, -0.05) is 0 Å². The summed E-state index contributed by atoms with van der Waals surface area (Å²) in [5, 5.41) is 5.34. The minimum atomic E-state index is -4.42. The lowest BCUT2D eigenvalue weighted by Gasteiger charge is -2.37. The Kier molecular flexibility index (Phi) is 5.26. The van der Waals surface area contributed by atoms with Crippen LogP contribution in [0.1, 0.15) is 23.5 Å². The number of likely N-dealkylation sites (tertiary alicyclic amines) is 1. The lowest BCUT2D eigenvalue weighted by Crippen LogP contribution is -2.53. The number of methoxy groups -OCH3 is 1. The average molecular weight is 473 g/mol. The number of carbonyl (C=O) groups is 2. The molecule has 0 N–H and O–H groups in total. The first-order valence-corrected chi connectivity index (χ1v) is 10.8. The number of halogens is 3. The number of ether oxygens (including phenoxy) is 2. The van der Waals surface area contributed by atoms with Crippen LogP contribution >= 0.6 is 0 Å². The molecular formula is C24H22F3N3O4. The molecule has 34 heavy (non-hydrogen) atoms. The van der Waals surface area contributed by atoms with E-state index in [0.717, 1.165) is 28.6 Å². The van der Waals surface area contributed by atoms with E-state index in [1.54, 1.807) is 28.8 Å². The fourth-order valence-corrected chi connectivity index (χ4v) is 4.46. The fraction of sp³-hybridized carbons (Fsp3) is 0.375. The van der Waals surface area contributed by atoms with Crippen LogP contribution in [-0.2, 0) is 27.5 Å². The molecule has 1 aliphatic carbocycles. The summed E-state index contributed by atoms with van der Waals surface area (Å²) < 4.78 is 50.8. The average Bonchev–Trinajstić information content (AvgIpc) is 3.46. The van der Waals surface area contributed by atoms with Crippen molar-refractivity contribution in [3.8, 4) is 11.5 Å². The van der Waals surface area contributed by atoms with Gasteiger partial charge < -0.3 is 14.4 Å². The molecule has 5 rings (SSSR count). The summed E-state index contributed by atoms with van der Waals surface area (Å²) in [6.07, 6.45) is -1.93. The highest BCUT2D eigenvalue weighted by Crippen LogP contribution is 2.51. The third-order valence-corrected chi connectivity index (χ3v) is 6.38. The number of alkyl halides is 3. The highest BCUT2D eigenvalue weighted by molar-refractivity contribution is 5.89. The van der Waals surface area contributed by atoms with Gasteiger partial charge in [0.2, 0.25) is 5.91 Å². The first-order valence-electron chi connectivity index (χ1n) is 10.8. The Balaban J connectivity index is 1.35. The summed E-state index contributed by atoms with van der Waals surface area (Å²) in [5.41, 5.74) is 0.880. The quantitative estimate of drug-likeness (QED) is 0.522. The molecule has 3 aromatic rings. The summed E-state index contributed by atoms with van der Waals surface area (Å²) in [6.45, 7) is 0.732. The Labute approximate surface area is 193 Å². The number of rotatable bonds is 5. The maximum Gasteiger partial charge on any atom is 0.416 e. The van der Waals surface area contributed by atoms with Gasteiger partial charge in [0.15, 0.2) is 0 Å². The van der Waals surface area contributed by atoms with E-state index in [-0.39, 0.29) is 35.4 Å². The third-order valence-electron chi connectivity index (χ3n) is 6.38. The minimum Gasteiger partial charge on any atom is -0.469 e. The van der Waals surface area contributed by atoms with Gasteiger partial charge in [-0.25, -0.2) is 0 Å². The normalized spacial score (nSPS) is 20.2. The van der Waals surface area contributed by atoms with Gasteiger partial charge in [-0.05, 0) is 54.3 Å². The number of hydrogen-bond donors (Lipinski definition) is 0. The van der Waals surface area contributed by atoms with Crippen LogP contribution in [0.4, 0.5) is 13.2 Å². The lowest BCUT2D eigenvalue weighted by molar-refractivity contribution is -0.156. The Hall–Kier alpha value is -3.56. The number of carbonyl (C=O) groups excluding carboxylic acids is 2. The number of benzene rings is 2. The van der Waals surface area contributed by atoms with Crippen molar-refractivity contribution in [2.45, 2.75) is 18.5 Å². The molecule has 2 fully saturated rings. The van der Waals surface area contributed by atoms with E-state index in [2.05, 4.69) is 5.10 Å². The van der Waals surface area contributed by atoms with E-state index in [0.29, 0.717) is 25.3 Å². The Bertz CT molecular complexity index is 1260. The fourth-order valence-electron chi connectivity index (χ4n) is 4.46. The minimum absolute atomic E-state index is 0.00305. The SMILES string of the molecule is COC(=O)C1CN(C(=O)[C@@H]2C[C@H]2c2cc(Oc3ccc(C(F)(F)F)cc3)cc3cn(C)nc23)C1. The second kappa shape index (κ2) is 8.03. The second-order valence-electron chi connectivity index (χ2n) is 8.79. The standard InChI is InChI=1S/C24H22F3N3O4/c1-29-10-13-7-17(34-16-5-3-15(4-6-16)24(25,26)27)8-19(21(13)28-29)18-9-20(18)22(31)30-11-14(12-30)23(32)33-2/h3-8,10,14,18,20H,9,11-12H2,1-2H3/t18-,20+/m0/s1. The van der Waals surface area contributed by atoms with Crippen molar-refractivity contribution >= 4 is 22.8 Å². The van der Waals surface area contributed by atoms with Gasteiger partial charge in [-0.15, -0.1) is 0 Å². The van der Waals surface area contributed by atoms with Gasteiger partial charge in [0.05, 0.1) is 24.1 Å². The van der Waals surface area contributed by atoms with Gasteiger partial charge in [0.1, 0.15) is 11.5 Å². The van der Waals surface area contributed by atoms with Crippen LogP contribution < -0.4 is 4.74 Å². The van der Waals surface area contributed by atoms with E-state index in [4.69, 9.17) is 9.47 Å². The third kappa shape index (κ3) is 4.08. The molecule has 0 bridgehead atoms. The highest BCUT2D eigenvalue weighted by atomic mass is 19.4. The van der Waals surface area contributed by atoms with Crippen molar-refractivity contribution in [2.75, 3.05) is 20.2 Å². The predicted octanol–water partition coefficient (Wildman–Crippen LogP) is 4.12. The smallest absolute Gasteiger partial charge is 0.416 e. The van der Waals surface area contributed by atoms with E-state index >= 15 is 0 Å². The van der Waals surface area contributed by atoms with Crippen molar-refractivity contribution in [3.63, 3.8) is 0 Å². The molecule has 1 saturated heterocycles. The van der Waals surface area contributed by atoms with E-state index in [1.807, 2.05) is 6.20 Å². The molecular weight excluding hydrogens is 451 g/mol. The molecule has 1 amide bonds. The number of esters is 1. The first kappa shape index (κ1) is 22.2. The molecule has 0 spiro atoms. The van der Waals surface area contributed by atoms with Crippen LogP contribution in [-0.4, -0.2) is 46.8 Å². The van der Waals surface area contributed by atoms with Crippen LogP contribution in [0.25, 0.3) is 10.9 Å². The van der Waals surface area contributed by atoms with Crippen molar-refractivity contribution in [1.82, 2.24) is 14.7 Å². The van der Waals surface area contributed by atoms with Crippen molar-refractivity contribution in [2.24, 2.45) is 18.9 Å². The van der Waals surface area contributed by atoms with Crippen LogP contribution in [0.15, 0.2) is 42.6 Å². The molecule has 2 atom stereocenters. The maximum atomic E-state index is 12.9. The zero-order valence-corrected chi connectivity index (χ0v) is 18.5. The predicted molar refractivity (Wildman–Crippen MR) is 115 cm³/mol. The van der Waals surface area contributed by atoms with Gasteiger partial charge in [-0.3, -0.25) is 14.3 Å². The number of aromatic nitrogens is 2. The second-order valence-corrected chi connectivity index (χ2v) is 8.79. The molecule has 7 nitrogen and oxygen atoms in total. The Morgan fingerprint density at radius 1 is 1.09 bits per heavy atom. The molecule has 178 valence electrons. The van der Waals surface area contributed by atoms with Crippen LogP contribution in [0.2, 0.25) is 0 Å². The topological polar surface area (TPSA) is 73.7 Å². The van der Waals surface area contributed by atoms with Gasteiger partial charge in [0.25, 0.3) is 0 Å². The monoisotopic (exact) mass is 473 g/mol. The molecule has 1 aliphatic heterocycles. The number of nitrogens with zero attached hydrogens (tertiary/aromatic N) is 3. The van der Waals surface area contributed by atoms with Crippen LogP contribution in [0.3, 0.4) is 0 Å².